The lowest BCUT2D eigenvalue weighted by Gasteiger charge is -2.45. The van der Waals surface area contributed by atoms with E-state index in [2.05, 4.69) is 46.2 Å². The highest BCUT2D eigenvalue weighted by molar-refractivity contribution is 5.74. The molecule has 1 saturated carbocycles. The fraction of sp³-hybridized carbons (Fsp3) is 0.571. The van der Waals surface area contributed by atoms with Gasteiger partial charge in [-0.3, -0.25) is 0 Å². The van der Waals surface area contributed by atoms with Crippen molar-refractivity contribution in [1.29, 1.82) is 0 Å². The number of fused-ring (bicyclic) bond motifs is 3. The fourth-order valence-electron chi connectivity index (χ4n) is 4.52. The van der Waals surface area contributed by atoms with E-state index in [1.807, 2.05) is 12.1 Å². The molecule has 3 aliphatic rings. The lowest BCUT2D eigenvalue weighted by Crippen LogP contribution is -2.46. The van der Waals surface area contributed by atoms with Crippen LogP contribution in [0.4, 0.5) is 0 Å². The monoisotopic (exact) mass is 339 g/mol. The highest BCUT2D eigenvalue weighted by Gasteiger charge is 2.43. The Labute approximate surface area is 150 Å². The van der Waals surface area contributed by atoms with E-state index < -0.39 is 5.60 Å². The molecule has 1 fully saturated rings. The molecule has 2 bridgehead atoms. The Bertz CT molecular complexity index is 719. The Morgan fingerprint density at radius 2 is 2.12 bits per heavy atom. The SMILES string of the molecule is CN(CCCc1nc2ccccc2[nH]1)CCC1(O)CC2C=CC1CC2. The van der Waals surface area contributed by atoms with Gasteiger partial charge in [-0.1, -0.05) is 24.3 Å². The molecule has 5 rings (SSSR count). The molecule has 0 aliphatic heterocycles. The summed E-state index contributed by atoms with van der Waals surface area (Å²) in [7, 11) is 2.17. The highest BCUT2D eigenvalue weighted by atomic mass is 16.3. The second-order valence-electron chi connectivity index (χ2n) is 7.99. The van der Waals surface area contributed by atoms with Gasteiger partial charge in [0.1, 0.15) is 5.82 Å². The lowest BCUT2D eigenvalue weighted by molar-refractivity contribution is -0.0599. The van der Waals surface area contributed by atoms with Gasteiger partial charge < -0.3 is 15.0 Å². The van der Waals surface area contributed by atoms with E-state index >= 15 is 0 Å². The Hall–Kier alpha value is -1.65. The average Bonchev–Trinajstić information content (AvgIpc) is 3.04. The number of hydrogen-bond acceptors (Lipinski definition) is 3. The first kappa shape index (κ1) is 16.8. The molecule has 3 unspecified atom stereocenters. The summed E-state index contributed by atoms with van der Waals surface area (Å²) >= 11 is 0. The number of imidazole rings is 1. The Balaban J connectivity index is 1.23. The summed E-state index contributed by atoms with van der Waals surface area (Å²) in [6, 6.07) is 8.19. The van der Waals surface area contributed by atoms with E-state index in [4.69, 9.17) is 0 Å². The maximum Gasteiger partial charge on any atom is 0.107 e. The van der Waals surface area contributed by atoms with Crippen LogP contribution in [0.25, 0.3) is 11.0 Å². The van der Waals surface area contributed by atoms with Crippen LogP contribution in [0, 0.1) is 11.8 Å². The summed E-state index contributed by atoms with van der Waals surface area (Å²) in [5, 5.41) is 11.0. The first-order valence-corrected chi connectivity index (χ1v) is 9.65. The maximum absolute atomic E-state index is 11.0. The van der Waals surface area contributed by atoms with Crippen molar-refractivity contribution in [3.8, 4) is 0 Å². The fourth-order valence-corrected chi connectivity index (χ4v) is 4.52. The van der Waals surface area contributed by atoms with Gasteiger partial charge in [-0.2, -0.15) is 0 Å². The maximum atomic E-state index is 11.0. The lowest BCUT2D eigenvalue weighted by atomic mass is 9.65. The zero-order valence-corrected chi connectivity index (χ0v) is 15.1. The number of nitrogens with one attached hydrogen (secondary N) is 1. The van der Waals surface area contributed by atoms with Crippen LogP contribution in [0.15, 0.2) is 36.4 Å². The average molecular weight is 339 g/mol. The predicted octanol–water partition coefficient (Wildman–Crippen LogP) is 3.53. The first-order valence-electron chi connectivity index (χ1n) is 9.65. The van der Waals surface area contributed by atoms with Crippen molar-refractivity contribution in [2.75, 3.05) is 20.1 Å². The summed E-state index contributed by atoms with van der Waals surface area (Å²) in [5.74, 6) is 2.05. The standard InChI is InChI=1S/C21H29N3O/c1-24(14-12-21(25)15-16-8-10-17(21)11-9-16)13-4-7-20-22-18-5-2-3-6-19(18)23-20/h2-3,5-6,8,10,16-17,25H,4,7,9,11-15H2,1H3,(H,22,23). The second-order valence-corrected chi connectivity index (χ2v) is 7.99. The van der Waals surface area contributed by atoms with Gasteiger partial charge in [0.05, 0.1) is 16.6 Å². The summed E-state index contributed by atoms with van der Waals surface area (Å²) in [6.07, 6.45) is 10.9. The van der Waals surface area contributed by atoms with Crippen LogP contribution < -0.4 is 0 Å². The van der Waals surface area contributed by atoms with Gasteiger partial charge in [0.2, 0.25) is 0 Å². The molecule has 2 aromatic rings. The van der Waals surface area contributed by atoms with E-state index in [1.165, 1.54) is 6.42 Å². The van der Waals surface area contributed by atoms with E-state index in [9.17, 15) is 5.11 Å². The molecule has 134 valence electrons. The Kier molecular flexibility index (Phi) is 4.65. The minimum Gasteiger partial charge on any atom is -0.389 e. The van der Waals surface area contributed by atoms with Crippen molar-refractivity contribution >= 4 is 11.0 Å². The smallest absolute Gasteiger partial charge is 0.107 e. The van der Waals surface area contributed by atoms with Crippen molar-refractivity contribution in [2.24, 2.45) is 11.8 Å². The van der Waals surface area contributed by atoms with E-state index in [0.717, 1.165) is 62.1 Å². The quantitative estimate of drug-likeness (QED) is 0.759. The normalized spacial score (nSPS) is 28.3. The molecular formula is C21H29N3O. The largest absolute Gasteiger partial charge is 0.389 e. The minimum atomic E-state index is -0.468. The summed E-state index contributed by atoms with van der Waals surface area (Å²) in [4.78, 5) is 10.4. The van der Waals surface area contributed by atoms with Gasteiger partial charge >= 0.3 is 0 Å². The molecule has 0 spiro atoms. The van der Waals surface area contributed by atoms with Crippen molar-refractivity contribution in [1.82, 2.24) is 14.9 Å². The third-order valence-corrected chi connectivity index (χ3v) is 6.09. The molecule has 0 saturated heterocycles. The van der Waals surface area contributed by atoms with Gasteiger partial charge in [0.15, 0.2) is 0 Å². The predicted molar refractivity (Wildman–Crippen MR) is 101 cm³/mol. The molecule has 2 N–H and O–H groups in total. The van der Waals surface area contributed by atoms with Crippen LogP contribution in [0.5, 0.6) is 0 Å². The molecule has 3 atom stereocenters. The number of para-hydroxylation sites is 2. The summed E-state index contributed by atoms with van der Waals surface area (Å²) < 4.78 is 0. The van der Waals surface area contributed by atoms with Gasteiger partial charge in [-0.25, -0.2) is 4.98 Å². The molecule has 1 heterocycles. The van der Waals surface area contributed by atoms with Crippen molar-refractivity contribution in [3.05, 3.63) is 42.2 Å². The van der Waals surface area contributed by atoms with Gasteiger partial charge in [0.25, 0.3) is 0 Å². The number of benzene rings is 1. The summed E-state index contributed by atoms with van der Waals surface area (Å²) in [6.45, 7) is 2.00. The molecule has 0 amide bonds. The zero-order valence-electron chi connectivity index (χ0n) is 15.1. The number of rotatable bonds is 7. The number of H-pyrrole nitrogens is 1. The third-order valence-electron chi connectivity index (χ3n) is 6.09. The number of hydrogen-bond donors (Lipinski definition) is 2. The molecular weight excluding hydrogens is 310 g/mol. The van der Waals surface area contributed by atoms with Crippen molar-refractivity contribution < 1.29 is 5.11 Å². The van der Waals surface area contributed by atoms with E-state index in [0.29, 0.717) is 11.8 Å². The number of aromatic nitrogens is 2. The number of nitrogens with zero attached hydrogens (tertiary/aromatic N) is 2. The molecule has 4 nitrogen and oxygen atoms in total. The minimum absolute atomic E-state index is 0.376. The van der Waals surface area contributed by atoms with Crippen LogP contribution in [-0.2, 0) is 6.42 Å². The zero-order chi connectivity index (χ0) is 17.3. The molecule has 1 aromatic heterocycles. The van der Waals surface area contributed by atoms with Crippen LogP contribution in [0.1, 0.15) is 37.9 Å². The molecule has 25 heavy (non-hydrogen) atoms. The van der Waals surface area contributed by atoms with E-state index in [1.54, 1.807) is 0 Å². The number of allylic oxidation sites excluding steroid dienone is 1. The molecule has 0 radical (unpaired) electrons. The Morgan fingerprint density at radius 1 is 1.24 bits per heavy atom. The molecule has 1 aromatic carbocycles. The Morgan fingerprint density at radius 3 is 2.84 bits per heavy atom. The first-order chi connectivity index (χ1) is 12.1. The molecule has 3 aliphatic carbocycles. The van der Waals surface area contributed by atoms with Crippen molar-refractivity contribution in [3.63, 3.8) is 0 Å². The third kappa shape index (κ3) is 3.65. The van der Waals surface area contributed by atoms with Crippen molar-refractivity contribution in [2.45, 2.75) is 44.1 Å². The van der Waals surface area contributed by atoms with Gasteiger partial charge in [-0.05, 0) is 63.7 Å². The topological polar surface area (TPSA) is 52.2 Å². The van der Waals surface area contributed by atoms with E-state index in [-0.39, 0.29) is 0 Å². The van der Waals surface area contributed by atoms with Crippen LogP contribution in [0.3, 0.4) is 0 Å². The highest BCUT2D eigenvalue weighted by Crippen LogP contribution is 2.44. The summed E-state index contributed by atoms with van der Waals surface area (Å²) in [5.41, 5.74) is 1.70. The second kappa shape index (κ2) is 6.93. The van der Waals surface area contributed by atoms with Gasteiger partial charge in [0, 0.05) is 18.9 Å². The number of aromatic amines is 1. The van der Waals surface area contributed by atoms with Crippen LogP contribution in [-0.4, -0.2) is 45.7 Å². The van der Waals surface area contributed by atoms with Crippen LogP contribution >= 0.6 is 0 Å². The molecule has 4 heteroatoms. The van der Waals surface area contributed by atoms with Crippen LogP contribution in [0.2, 0.25) is 0 Å². The number of aryl methyl sites for hydroxylation is 1. The van der Waals surface area contributed by atoms with Gasteiger partial charge in [-0.15, -0.1) is 0 Å². The number of aliphatic hydroxyl groups is 1.